The molecule has 1 aliphatic heterocycles. The fraction of sp³-hybridized carbons (Fsp3) is 0.615. The van der Waals surface area contributed by atoms with Crippen LogP contribution >= 0.6 is 0 Å². The second kappa shape index (κ2) is 4.92. The number of likely N-dealkylation sites (tertiary alicyclic amines) is 1. The normalized spacial score (nSPS) is 27.7. The van der Waals surface area contributed by atoms with E-state index in [1.807, 2.05) is 15.8 Å². The van der Waals surface area contributed by atoms with E-state index in [0.717, 1.165) is 38.8 Å². The van der Waals surface area contributed by atoms with Crippen LogP contribution in [0, 0.1) is 5.92 Å². The molecule has 0 bridgehead atoms. The van der Waals surface area contributed by atoms with E-state index in [0.29, 0.717) is 11.9 Å². The first kappa shape index (κ1) is 11.4. The third-order valence-electron chi connectivity index (χ3n) is 3.91. The molecular formula is C13H18N4O. The number of allylic oxidation sites excluding steroid dienone is 2. The van der Waals surface area contributed by atoms with E-state index < -0.39 is 0 Å². The molecule has 18 heavy (non-hydrogen) atoms. The van der Waals surface area contributed by atoms with Crippen molar-refractivity contribution in [2.75, 3.05) is 13.1 Å². The molecule has 5 heteroatoms. The molecule has 1 aliphatic carbocycles. The second-order valence-electron chi connectivity index (χ2n) is 5.09. The van der Waals surface area contributed by atoms with Gasteiger partial charge in [-0.25, -0.2) is 4.68 Å². The van der Waals surface area contributed by atoms with Crippen molar-refractivity contribution in [1.82, 2.24) is 19.9 Å². The topological polar surface area (TPSA) is 51.0 Å². The Morgan fingerprint density at radius 3 is 2.94 bits per heavy atom. The Kier molecular flexibility index (Phi) is 3.13. The van der Waals surface area contributed by atoms with Crippen molar-refractivity contribution in [3.8, 4) is 0 Å². The SMILES string of the molecule is O=C([C@@H]1CC=CCC1)N1CC[C@@H](n2ccnn2)C1. The summed E-state index contributed by atoms with van der Waals surface area (Å²) in [5.41, 5.74) is 0. The summed E-state index contributed by atoms with van der Waals surface area (Å²) in [6, 6.07) is 0.301. The van der Waals surface area contributed by atoms with E-state index in [1.165, 1.54) is 0 Å². The number of carbonyl (C=O) groups excluding carboxylic acids is 1. The van der Waals surface area contributed by atoms with Gasteiger partial charge in [-0.1, -0.05) is 17.4 Å². The van der Waals surface area contributed by atoms with E-state index in [2.05, 4.69) is 22.5 Å². The van der Waals surface area contributed by atoms with E-state index in [4.69, 9.17) is 0 Å². The Morgan fingerprint density at radius 1 is 1.28 bits per heavy atom. The van der Waals surface area contributed by atoms with Crippen molar-refractivity contribution in [2.24, 2.45) is 5.92 Å². The molecule has 2 atom stereocenters. The van der Waals surface area contributed by atoms with E-state index >= 15 is 0 Å². The molecule has 1 saturated heterocycles. The number of amides is 1. The molecule has 0 N–H and O–H groups in total. The van der Waals surface area contributed by atoms with E-state index in [-0.39, 0.29) is 5.92 Å². The highest BCUT2D eigenvalue weighted by atomic mass is 16.2. The van der Waals surface area contributed by atoms with Gasteiger partial charge in [0.15, 0.2) is 0 Å². The van der Waals surface area contributed by atoms with Crippen LogP contribution in [0.1, 0.15) is 31.7 Å². The largest absolute Gasteiger partial charge is 0.340 e. The fourth-order valence-electron chi connectivity index (χ4n) is 2.85. The summed E-state index contributed by atoms with van der Waals surface area (Å²) >= 11 is 0. The first-order chi connectivity index (χ1) is 8.84. The zero-order valence-electron chi connectivity index (χ0n) is 10.4. The molecule has 1 aromatic rings. The highest BCUT2D eigenvalue weighted by molar-refractivity contribution is 5.79. The molecule has 1 fully saturated rings. The van der Waals surface area contributed by atoms with Crippen LogP contribution in [-0.4, -0.2) is 38.9 Å². The summed E-state index contributed by atoms with van der Waals surface area (Å²) in [5, 5.41) is 7.85. The van der Waals surface area contributed by atoms with Crippen LogP contribution < -0.4 is 0 Å². The van der Waals surface area contributed by atoms with Crippen molar-refractivity contribution in [2.45, 2.75) is 31.7 Å². The van der Waals surface area contributed by atoms with Gasteiger partial charge in [-0.3, -0.25) is 4.79 Å². The lowest BCUT2D eigenvalue weighted by atomic mass is 9.93. The number of hydrogen-bond donors (Lipinski definition) is 0. The van der Waals surface area contributed by atoms with E-state index in [9.17, 15) is 4.79 Å². The lowest BCUT2D eigenvalue weighted by Crippen LogP contribution is -2.35. The molecule has 3 rings (SSSR count). The highest BCUT2D eigenvalue weighted by Crippen LogP contribution is 2.26. The highest BCUT2D eigenvalue weighted by Gasteiger charge is 2.31. The van der Waals surface area contributed by atoms with Gasteiger partial charge in [0.05, 0.1) is 12.2 Å². The quantitative estimate of drug-likeness (QED) is 0.741. The fourth-order valence-corrected chi connectivity index (χ4v) is 2.85. The van der Waals surface area contributed by atoms with Crippen LogP contribution in [0.25, 0.3) is 0 Å². The first-order valence-electron chi connectivity index (χ1n) is 6.64. The van der Waals surface area contributed by atoms with Crippen LogP contribution in [0.4, 0.5) is 0 Å². The van der Waals surface area contributed by atoms with Crippen molar-refractivity contribution in [3.63, 3.8) is 0 Å². The van der Waals surface area contributed by atoms with Crippen molar-refractivity contribution < 1.29 is 4.79 Å². The maximum absolute atomic E-state index is 12.4. The van der Waals surface area contributed by atoms with Gasteiger partial charge >= 0.3 is 0 Å². The minimum Gasteiger partial charge on any atom is -0.340 e. The summed E-state index contributed by atoms with van der Waals surface area (Å²) in [5.74, 6) is 0.520. The number of nitrogens with zero attached hydrogens (tertiary/aromatic N) is 4. The summed E-state index contributed by atoms with van der Waals surface area (Å²) < 4.78 is 1.87. The average molecular weight is 246 g/mol. The van der Waals surface area contributed by atoms with Gasteiger partial charge in [-0.2, -0.15) is 0 Å². The zero-order valence-corrected chi connectivity index (χ0v) is 10.4. The molecule has 0 radical (unpaired) electrons. The predicted molar refractivity (Wildman–Crippen MR) is 66.7 cm³/mol. The molecule has 1 aromatic heterocycles. The lowest BCUT2D eigenvalue weighted by Gasteiger charge is -2.24. The van der Waals surface area contributed by atoms with Crippen LogP contribution in [-0.2, 0) is 4.79 Å². The van der Waals surface area contributed by atoms with Gasteiger partial charge in [0.1, 0.15) is 0 Å². The molecule has 1 amide bonds. The second-order valence-corrected chi connectivity index (χ2v) is 5.09. The Labute approximate surface area is 106 Å². The molecule has 0 saturated carbocycles. The third kappa shape index (κ3) is 2.17. The molecule has 2 heterocycles. The standard InChI is InChI=1S/C13H18N4O/c18-13(11-4-2-1-3-5-11)16-8-6-12(10-16)17-9-7-14-15-17/h1-2,7,9,11-12H,3-6,8,10H2/t11-,12-/m1/s1. The van der Waals surface area contributed by atoms with Crippen LogP contribution in [0.2, 0.25) is 0 Å². The monoisotopic (exact) mass is 246 g/mol. The molecule has 0 aromatic carbocycles. The molecule has 0 unspecified atom stereocenters. The van der Waals surface area contributed by atoms with E-state index in [1.54, 1.807) is 6.20 Å². The lowest BCUT2D eigenvalue weighted by molar-refractivity contribution is -0.134. The average Bonchev–Trinajstić information content (AvgIpc) is 3.09. The summed E-state index contributed by atoms with van der Waals surface area (Å²) in [6.07, 6.45) is 11.8. The third-order valence-corrected chi connectivity index (χ3v) is 3.91. The predicted octanol–water partition coefficient (Wildman–Crippen LogP) is 1.41. The molecule has 96 valence electrons. The maximum atomic E-state index is 12.4. The number of aromatic nitrogens is 3. The summed E-state index contributed by atoms with van der Waals surface area (Å²) in [7, 11) is 0. The van der Waals surface area contributed by atoms with Crippen molar-refractivity contribution in [1.29, 1.82) is 0 Å². The smallest absolute Gasteiger partial charge is 0.226 e. The van der Waals surface area contributed by atoms with Gasteiger partial charge in [0, 0.05) is 25.2 Å². The van der Waals surface area contributed by atoms with Crippen LogP contribution in [0.5, 0.6) is 0 Å². The summed E-state index contributed by atoms with van der Waals surface area (Å²) in [6.45, 7) is 1.63. The number of carbonyl (C=O) groups is 1. The zero-order chi connectivity index (χ0) is 12.4. The minimum absolute atomic E-state index is 0.199. The Balaban J connectivity index is 1.61. The van der Waals surface area contributed by atoms with Crippen LogP contribution in [0.3, 0.4) is 0 Å². The Hall–Kier alpha value is -1.65. The maximum Gasteiger partial charge on any atom is 0.226 e. The molecule has 0 spiro atoms. The van der Waals surface area contributed by atoms with Gasteiger partial charge in [0.2, 0.25) is 5.91 Å². The Morgan fingerprint density at radius 2 is 2.22 bits per heavy atom. The van der Waals surface area contributed by atoms with Crippen molar-refractivity contribution in [3.05, 3.63) is 24.5 Å². The van der Waals surface area contributed by atoms with Crippen LogP contribution in [0.15, 0.2) is 24.5 Å². The molecule has 5 nitrogen and oxygen atoms in total. The summed E-state index contributed by atoms with van der Waals surface area (Å²) in [4.78, 5) is 14.4. The minimum atomic E-state index is 0.199. The molecule has 2 aliphatic rings. The number of rotatable bonds is 2. The van der Waals surface area contributed by atoms with Gasteiger partial charge in [0.25, 0.3) is 0 Å². The first-order valence-corrected chi connectivity index (χ1v) is 6.64. The Bertz CT molecular complexity index is 440. The van der Waals surface area contributed by atoms with Gasteiger partial charge in [-0.15, -0.1) is 5.10 Å². The van der Waals surface area contributed by atoms with Crippen molar-refractivity contribution >= 4 is 5.91 Å². The van der Waals surface area contributed by atoms with Gasteiger partial charge in [-0.05, 0) is 25.7 Å². The number of hydrogen-bond acceptors (Lipinski definition) is 3. The van der Waals surface area contributed by atoms with Gasteiger partial charge < -0.3 is 4.90 Å². The molecular weight excluding hydrogens is 228 g/mol.